The molecule has 0 aromatic heterocycles. The number of hydrogen-bond acceptors (Lipinski definition) is 6. The van der Waals surface area contributed by atoms with Crippen LogP contribution in [-0.2, 0) is 9.59 Å². The Hall–Kier alpha value is -3.33. The lowest BCUT2D eigenvalue weighted by Crippen LogP contribution is -2.37. The summed E-state index contributed by atoms with van der Waals surface area (Å²) >= 11 is 5.70. The topological polar surface area (TPSA) is 94.2 Å². The smallest absolute Gasteiger partial charge is 0.300 e. The maximum absolute atomic E-state index is 13.3. The normalized spacial score (nSPS) is 12.7. The summed E-state index contributed by atoms with van der Waals surface area (Å²) in [6.45, 7) is -0.467. The molecule has 0 aliphatic carbocycles. The van der Waals surface area contributed by atoms with Crippen LogP contribution in [-0.4, -0.2) is 45.5 Å². The van der Waals surface area contributed by atoms with E-state index in [0.717, 1.165) is 11.0 Å². The van der Waals surface area contributed by atoms with Gasteiger partial charge in [-0.2, -0.15) is 0 Å². The zero-order valence-electron chi connectivity index (χ0n) is 15.7. The van der Waals surface area contributed by atoms with E-state index in [1.54, 1.807) is 0 Å². The lowest BCUT2D eigenvalue weighted by molar-refractivity contribution is -0.118. The molecule has 0 radical (unpaired) electrons. The van der Waals surface area contributed by atoms with E-state index in [1.807, 2.05) is 0 Å². The number of fused-ring (bicyclic) bond motifs is 1. The third-order valence-electron chi connectivity index (χ3n) is 4.27. The third kappa shape index (κ3) is 3.56. The second-order valence-electron chi connectivity index (χ2n) is 5.94. The van der Waals surface area contributed by atoms with Gasteiger partial charge in [-0.05, 0) is 18.2 Å². The highest BCUT2D eigenvalue weighted by atomic mass is 35.5. The number of halogens is 2. The van der Waals surface area contributed by atoms with E-state index in [0.29, 0.717) is 0 Å². The Morgan fingerprint density at radius 2 is 1.79 bits per heavy atom. The number of benzene rings is 2. The van der Waals surface area contributed by atoms with Gasteiger partial charge < -0.3 is 19.5 Å². The van der Waals surface area contributed by atoms with Crippen molar-refractivity contribution in [2.75, 3.05) is 38.1 Å². The molecule has 1 heterocycles. The molecule has 0 saturated carbocycles. The number of methoxy groups -OCH3 is 3. The second kappa shape index (κ2) is 7.96. The molecule has 1 aliphatic heterocycles. The second-order valence-corrected chi connectivity index (χ2v) is 6.34. The fraction of sp³-hybridized carbons (Fsp3) is 0.211. The molecule has 29 heavy (non-hydrogen) atoms. The Morgan fingerprint density at radius 3 is 2.38 bits per heavy atom. The van der Waals surface area contributed by atoms with Crippen LogP contribution in [0.25, 0.3) is 0 Å². The molecule has 3 rings (SSSR count). The number of nitrogens with one attached hydrogen (secondary N) is 1. The average molecular weight is 423 g/mol. The first-order valence-corrected chi connectivity index (χ1v) is 8.64. The predicted octanol–water partition coefficient (Wildman–Crippen LogP) is 2.67. The van der Waals surface area contributed by atoms with Crippen molar-refractivity contribution in [2.45, 2.75) is 0 Å². The van der Waals surface area contributed by atoms with Crippen molar-refractivity contribution in [1.29, 1.82) is 0 Å². The molecule has 0 spiro atoms. The summed E-state index contributed by atoms with van der Waals surface area (Å²) < 4.78 is 29.0. The molecule has 0 bridgehead atoms. The van der Waals surface area contributed by atoms with E-state index >= 15 is 0 Å². The van der Waals surface area contributed by atoms with Gasteiger partial charge in [-0.1, -0.05) is 11.6 Å². The van der Waals surface area contributed by atoms with E-state index in [4.69, 9.17) is 25.8 Å². The fourth-order valence-corrected chi connectivity index (χ4v) is 3.17. The molecule has 0 atom stereocenters. The van der Waals surface area contributed by atoms with Gasteiger partial charge in [-0.15, -0.1) is 0 Å². The summed E-state index contributed by atoms with van der Waals surface area (Å²) in [7, 11) is 4.08. The predicted molar refractivity (Wildman–Crippen MR) is 103 cm³/mol. The summed E-state index contributed by atoms with van der Waals surface area (Å²) in [5.41, 5.74) is 0.374. The van der Waals surface area contributed by atoms with Crippen LogP contribution in [0.2, 0.25) is 5.02 Å². The number of Topliss-reactive ketones (excluding diaryl/α,β-unsaturated/α-hetero) is 1. The largest absolute Gasteiger partial charge is 0.493 e. The molecule has 1 N–H and O–H groups in total. The monoisotopic (exact) mass is 422 g/mol. The van der Waals surface area contributed by atoms with Gasteiger partial charge in [0.2, 0.25) is 11.7 Å². The molecule has 2 amide bonds. The highest BCUT2D eigenvalue weighted by Crippen LogP contribution is 2.47. The Balaban J connectivity index is 1.94. The van der Waals surface area contributed by atoms with Crippen LogP contribution in [0, 0.1) is 5.82 Å². The maximum Gasteiger partial charge on any atom is 0.300 e. The van der Waals surface area contributed by atoms with E-state index < -0.39 is 30.0 Å². The van der Waals surface area contributed by atoms with Gasteiger partial charge in [0.25, 0.3) is 11.7 Å². The highest BCUT2D eigenvalue weighted by molar-refractivity contribution is 6.53. The van der Waals surface area contributed by atoms with Crippen molar-refractivity contribution in [2.24, 2.45) is 0 Å². The first-order valence-electron chi connectivity index (χ1n) is 8.26. The molecule has 2 aromatic rings. The molecule has 0 fully saturated rings. The Kier molecular flexibility index (Phi) is 5.60. The number of anilines is 2. The zero-order valence-corrected chi connectivity index (χ0v) is 16.4. The molecule has 152 valence electrons. The molecular formula is C19H16ClFN2O6. The van der Waals surface area contributed by atoms with Gasteiger partial charge >= 0.3 is 0 Å². The SMILES string of the molecule is COc1cc2c(c(OC)c1OC)C(=O)C(=O)N2CC(=O)Nc1ccc(F)c(Cl)c1. The van der Waals surface area contributed by atoms with Crippen molar-refractivity contribution in [3.63, 3.8) is 0 Å². The van der Waals surface area contributed by atoms with Crippen molar-refractivity contribution in [3.8, 4) is 17.2 Å². The summed E-state index contributed by atoms with van der Waals surface area (Å²) in [5.74, 6) is -2.57. The number of nitrogens with zero attached hydrogens (tertiary/aromatic N) is 1. The fourth-order valence-electron chi connectivity index (χ4n) is 2.99. The van der Waals surface area contributed by atoms with Gasteiger partial charge in [0, 0.05) is 11.8 Å². The molecule has 8 nitrogen and oxygen atoms in total. The number of rotatable bonds is 6. The minimum Gasteiger partial charge on any atom is -0.493 e. The van der Waals surface area contributed by atoms with E-state index in [1.165, 1.54) is 39.5 Å². The summed E-state index contributed by atoms with van der Waals surface area (Å²) in [6, 6.07) is 5.07. The van der Waals surface area contributed by atoms with Gasteiger partial charge in [0.1, 0.15) is 12.4 Å². The van der Waals surface area contributed by atoms with Crippen LogP contribution in [0.15, 0.2) is 24.3 Å². The Bertz CT molecular complexity index is 1030. The van der Waals surface area contributed by atoms with Crippen LogP contribution < -0.4 is 24.4 Å². The number of carbonyl (C=O) groups is 3. The highest BCUT2D eigenvalue weighted by Gasteiger charge is 2.42. The van der Waals surface area contributed by atoms with Crippen molar-refractivity contribution in [1.82, 2.24) is 0 Å². The third-order valence-corrected chi connectivity index (χ3v) is 4.56. The van der Waals surface area contributed by atoms with Crippen molar-refractivity contribution >= 4 is 40.6 Å². The number of ether oxygens (including phenoxy) is 3. The number of carbonyl (C=O) groups excluding carboxylic acids is 3. The summed E-state index contributed by atoms with van der Waals surface area (Å²) in [6.07, 6.45) is 0. The molecular weight excluding hydrogens is 407 g/mol. The number of hydrogen-bond donors (Lipinski definition) is 1. The van der Waals surface area contributed by atoms with Crippen LogP contribution in [0.3, 0.4) is 0 Å². The molecule has 10 heteroatoms. The maximum atomic E-state index is 13.3. The average Bonchev–Trinajstić information content (AvgIpc) is 2.93. The molecule has 0 saturated heterocycles. The summed E-state index contributed by atoms with van der Waals surface area (Å²) in [5, 5.41) is 2.34. The summed E-state index contributed by atoms with van der Waals surface area (Å²) in [4.78, 5) is 38.4. The molecule has 2 aromatic carbocycles. The molecule has 1 aliphatic rings. The Morgan fingerprint density at radius 1 is 1.10 bits per heavy atom. The van der Waals surface area contributed by atoms with Gasteiger partial charge in [0.05, 0.1) is 37.6 Å². The lowest BCUT2D eigenvalue weighted by atomic mass is 10.1. The minimum atomic E-state index is -0.902. The zero-order chi connectivity index (χ0) is 21.3. The van der Waals surface area contributed by atoms with Crippen LogP contribution in [0.1, 0.15) is 10.4 Å². The number of ketones is 1. The first kappa shape index (κ1) is 20.4. The Labute approximate surface area is 170 Å². The van der Waals surface area contributed by atoms with Gasteiger partial charge in [-0.3, -0.25) is 19.3 Å². The van der Waals surface area contributed by atoms with Gasteiger partial charge in [-0.25, -0.2) is 4.39 Å². The van der Waals surface area contributed by atoms with Crippen LogP contribution in [0.5, 0.6) is 17.2 Å². The van der Waals surface area contributed by atoms with Gasteiger partial charge in [0.15, 0.2) is 11.5 Å². The lowest BCUT2D eigenvalue weighted by Gasteiger charge is -2.19. The van der Waals surface area contributed by atoms with Crippen molar-refractivity contribution < 1.29 is 33.0 Å². The van der Waals surface area contributed by atoms with E-state index in [9.17, 15) is 18.8 Å². The minimum absolute atomic E-state index is 0.0206. The quantitative estimate of drug-likeness (QED) is 0.719. The van der Waals surface area contributed by atoms with E-state index in [2.05, 4.69) is 5.32 Å². The number of amides is 2. The van der Waals surface area contributed by atoms with Crippen LogP contribution >= 0.6 is 11.6 Å². The van der Waals surface area contributed by atoms with E-state index in [-0.39, 0.29) is 39.2 Å². The molecule has 0 unspecified atom stereocenters. The first-order chi connectivity index (χ1) is 13.8. The van der Waals surface area contributed by atoms with Crippen LogP contribution in [0.4, 0.5) is 15.8 Å². The standard InChI is InChI=1S/C19H16ClFN2O6/c1-27-13-7-12-15(18(29-3)17(13)28-2)16(25)19(26)23(12)8-14(24)22-9-4-5-11(21)10(20)6-9/h4-7H,8H2,1-3H3,(H,22,24). The van der Waals surface area contributed by atoms with Crippen molar-refractivity contribution in [3.05, 3.63) is 40.7 Å².